The third-order valence-electron chi connectivity index (χ3n) is 4.29. The zero-order valence-electron chi connectivity index (χ0n) is 9.54. The molecule has 0 aromatic carbocycles. The Labute approximate surface area is 192 Å². The molecule has 22 heavy (non-hydrogen) atoms. The van der Waals surface area contributed by atoms with Crippen molar-refractivity contribution in [2.24, 2.45) is 0 Å². The minimum absolute atomic E-state index is 0.0774. The second kappa shape index (κ2) is 5.03. The van der Waals surface area contributed by atoms with Crippen molar-refractivity contribution in [3.8, 4) is 0 Å². The Morgan fingerprint density at radius 1 is 0.545 bits per heavy atom. The fourth-order valence-electron chi connectivity index (χ4n) is 3.20. The van der Waals surface area contributed by atoms with Crippen LogP contribution in [0.15, 0.2) is 20.1 Å². The van der Waals surface area contributed by atoms with Crippen molar-refractivity contribution in [2.45, 2.75) is 27.1 Å². The van der Waals surface area contributed by atoms with Gasteiger partial charge in [0.25, 0.3) is 0 Å². The lowest BCUT2D eigenvalue weighted by Crippen LogP contribution is -2.64. The summed E-state index contributed by atoms with van der Waals surface area (Å²) in [5, 5.41) is -0.383. The molecule has 0 aromatic rings. The van der Waals surface area contributed by atoms with Crippen molar-refractivity contribution in [3.05, 3.63) is 20.1 Å². The van der Waals surface area contributed by atoms with E-state index in [1.54, 1.807) is 0 Å². The number of allylic oxidation sites excluding steroid dienone is 4. The van der Waals surface area contributed by atoms with Crippen LogP contribution in [0, 0.1) is 0 Å². The molecule has 0 saturated heterocycles. The Morgan fingerprint density at radius 3 is 1.36 bits per heavy atom. The summed E-state index contributed by atoms with van der Waals surface area (Å²) in [6.45, 7) is 0. The van der Waals surface area contributed by atoms with E-state index in [-0.39, 0.29) is 20.1 Å². The molecule has 1 fully saturated rings. The third-order valence-corrected chi connectivity index (χ3v) is 14.6. The Morgan fingerprint density at radius 2 is 0.909 bits per heavy atom. The zero-order chi connectivity index (χ0) is 17.3. The van der Waals surface area contributed by atoms with Crippen LogP contribution in [0.4, 0.5) is 0 Å². The van der Waals surface area contributed by atoms with Crippen LogP contribution in [-0.2, 0) is 0 Å². The number of halogens is 12. The van der Waals surface area contributed by atoms with E-state index in [0.29, 0.717) is 0 Å². The Kier molecular flexibility index (Phi) is 4.59. The van der Waals surface area contributed by atoms with Gasteiger partial charge in [-0.25, -0.2) is 0 Å². The summed E-state index contributed by atoms with van der Waals surface area (Å²) >= 11 is 71.9. The van der Waals surface area contributed by atoms with Gasteiger partial charge in [-0.3, -0.25) is 0 Å². The lowest BCUT2D eigenvalue weighted by Gasteiger charge is -2.49. The van der Waals surface area contributed by atoms with Gasteiger partial charge in [0.1, 0.15) is 19.5 Å². The molecule has 6 unspecified atom stereocenters. The van der Waals surface area contributed by atoms with Gasteiger partial charge < -0.3 is 0 Å². The van der Waals surface area contributed by atoms with E-state index < -0.39 is 27.1 Å². The van der Waals surface area contributed by atoms with E-state index in [0.717, 1.165) is 0 Å². The SMILES string of the molecule is ClC1=C(Cl)C2(Cl)C3(Cl)C(Cl)=C(Cl)C(Cl)(C3(Cl)Br)C2(Cl)C1(Cl)Br. The number of hydrogen-bond donors (Lipinski definition) is 0. The lowest BCUT2D eigenvalue weighted by atomic mass is 9.82. The molecule has 2 bridgehead atoms. The van der Waals surface area contributed by atoms with Gasteiger partial charge in [-0.2, -0.15) is 0 Å². The van der Waals surface area contributed by atoms with Gasteiger partial charge in [0.2, 0.25) is 0 Å². The minimum Gasteiger partial charge on any atom is -0.111 e. The molecule has 0 nitrogen and oxygen atoms in total. The molecule has 0 aromatic heterocycles. The Balaban J connectivity index is 2.57. The van der Waals surface area contributed by atoms with Gasteiger partial charge in [-0.15, -0.1) is 58.0 Å². The van der Waals surface area contributed by atoms with E-state index in [2.05, 4.69) is 31.9 Å². The summed E-state index contributed by atoms with van der Waals surface area (Å²) in [6, 6.07) is 0. The van der Waals surface area contributed by atoms with Crippen LogP contribution in [0.2, 0.25) is 0 Å². The summed E-state index contributed by atoms with van der Waals surface area (Å²) in [7, 11) is 0. The van der Waals surface area contributed by atoms with Crippen molar-refractivity contribution >= 4 is 148 Å². The predicted molar refractivity (Wildman–Crippen MR) is 107 cm³/mol. The van der Waals surface area contributed by atoms with E-state index in [9.17, 15) is 0 Å². The van der Waals surface area contributed by atoms with Gasteiger partial charge in [0.15, 0.2) is 7.57 Å². The van der Waals surface area contributed by atoms with Crippen LogP contribution in [-0.4, -0.2) is 27.1 Å². The molecule has 3 aliphatic rings. The first-order chi connectivity index (χ1) is 9.63. The molecule has 3 rings (SSSR count). The maximum absolute atomic E-state index is 6.83. The third kappa shape index (κ3) is 1.46. The van der Waals surface area contributed by atoms with E-state index in [1.165, 1.54) is 0 Å². The van der Waals surface area contributed by atoms with Gasteiger partial charge >= 0.3 is 0 Å². The topological polar surface area (TPSA) is 0 Å². The highest BCUT2D eigenvalue weighted by Crippen LogP contribution is 2.89. The second-order valence-corrected chi connectivity index (χ2v) is 13.2. The normalized spacial score (nSPS) is 60.5. The van der Waals surface area contributed by atoms with Gasteiger partial charge in [0.05, 0.1) is 20.1 Å². The minimum atomic E-state index is -1.85. The first kappa shape index (κ1) is 20.1. The van der Waals surface area contributed by atoms with Crippen molar-refractivity contribution in [3.63, 3.8) is 0 Å². The summed E-state index contributed by atoms with van der Waals surface area (Å²) < 4.78 is -3.38. The van der Waals surface area contributed by atoms with Gasteiger partial charge in [-0.1, -0.05) is 89.9 Å². The maximum atomic E-state index is 6.83. The summed E-state index contributed by atoms with van der Waals surface area (Å²) in [5.41, 5.74) is 0. The Bertz CT molecular complexity index is 685. The van der Waals surface area contributed by atoms with Crippen LogP contribution >= 0.6 is 148 Å². The van der Waals surface area contributed by atoms with Crippen LogP contribution in [0.1, 0.15) is 0 Å². The largest absolute Gasteiger partial charge is 0.159 e. The quantitative estimate of drug-likeness (QED) is 0.237. The number of rotatable bonds is 0. The smallest absolute Gasteiger partial charge is 0.111 e. The molecule has 0 spiro atoms. The highest BCUT2D eigenvalue weighted by molar-refractivity contribution is 9.11. The molecular weight excluding hydrogens is 634 g/mol. The first-order valence-corrected chi connectivity index (χ1v) is 10.6. The number of alkyl halides is 8. The van der Waals surface area contributed by atoms with E-state index in [1.807, 2.05) is 0 Å². The highest BCUT2D eigenvalue weighted by Gasteiger charge is 2.98. The van der Waals surface area contributed by atoms with Crippen molar-refractivity contribution in [2.75, 3.05) is 0 Å². The molecule has 0 radical (unpaired) electrons. The average Bonchev–Trinajstić information content (AvgIpc) is 2.65. The zero-order valence-corrected chi connectivity index (χ0v) is 20.3. The van der Waals surface area contributed by atoms with Gasteiger partial charge in [-0.05, 0) is 0 Å². The van der Waals surface area contributed by atoms with E-state index in [4.69, 9.17) is 116 Å². The molecule has 0 aliphatic heterocycles. The molecule has 3 aliphatic carbocycles. The second-order valence-electron chi connectivity index (χ2n) is 5.04. The molecule has 12 heteroatoms. The first-order valence-electron chi connectivity index (χ1n) is 5.27. The molecule has 0 N–H and O–H groups in total. The Hall–Kier alpha value is 3.34. The van der Waals surface area contributed by atoms with Crippen LogP contribution in [0.3, 0.4) is 0 Å². The number of hydrogen-bond acceptors (Lipinski definition) is 0. The monoisotopic (exact) mass is 628 g/mol. The van der Waals surface area contributed by atoms with E-state index >= 15 is 0 Å². The van der Waals surface area contributed by atoms with Crippen LogP contribution in [0.25, 0.3) is 0 Å². The molecule has 0 heterocycles. The fourth-order valence-corrected chi connectivity index (χ4v) is 11.2. The molecule has 124 valence electrons. The number of fused-ring (bicyclic) bond motifs is 5. The average molecular weight is 634 g/mol. The molecule has 6 atom stereocenters. The summed E-state index contributed by atoms with van der Waals surface area (Å²) in [4.78, 5) is -7.33. The van der Waals surface area contributed by atoms with Crippen LogP contribution < -0.4 is 0 Å². The van der Waals surface area contributed by atoms with Crippen molar-refractivity contribution in [1.82, 2.24) is 0 Å². The summed E-state index contributed by atoms with van der Waals surface area (Å²) in [5.74, 6) is 0. The van der Waals surface area contributed by atoms with Gasteiger partial charge in [0, 0.05) is 0 Å². The fraction of sp³-hybridized carbons (Fsp3) is 0.600. The molecular formula is C10Br2Cl10. The van der Waals surface area contributed by atoms with Crippen molar-refractivity contribution < 1.29 is 0 Å². The standard InChI is InChI=1S/C10Br2Cl10/c11-8(20)4(16)3(15)5(17)6(18)1(13)2(14)7(19,9(5,8)21)10(6,12)22. The predicted octanol–water partition coefficient (Wildman–Crippen LogP) is 7.98. The molecule has 0 amide bonds. The van der Waals surface area contributed by atoms with Crippen molar-refractivity contribution in [1.29, 1.82) is 0 Å². The lowest BCUT2D eigenvalue weighted by molar-refractivity contribution is 0.468. The summed E-state index contributed by atoms with van der Waals surface area (Å²) in [6.07, 6.45) is 0. The molecule has 1 saturated carbocycles. The maximum Gasteiger partial charge on any atom is 0.159 e. The van der Waals surface area contributed by atoms with Crippen LogP contribution in [0.5, 0.6) is 0 Å². The highest BCUT2D eigenvalue weighted by atomic mass is 79.9.